The van der Waals surface area contributed by atoms with Crippen molar-refractivity contribution in [3.63, 3.8) is 0 Å². The van der Waals surface area contributed by atoms with E-state index in [2.05, 4.69) is 45.6 Å². The number of aliphatic hydroxyl groups is 1. The van der Waals surface area contributed by atoms with E-state index in [1.54, 1.807) is 0 Å². The molecule has 1 aliphatic heterocycles. The number of pyridine rings is 1. The number of nitrogens with one attached hydrogen (secondary N) is 1. The monoisotopic (exact) mass is 406 g/mol. The summed E-state index contributed by atoms with van der Waals surface area (Å²) in [7, 11) is 0. The van der Waals surface area contributed by atoms with E-state index in [0.717, 1.165) is 43.5 Å². The van der Waals surface area contributed by atoms with Crippen LogP contribution in [0.3, 0.4) is 0 Å². The standard InChI is InChI=1S/C24H27FN4O/c25-19-8-9-20-21-12-18(15-28-23(21)24(26)29-22(20)13-19)7-4-16-2-5-17(6-3-16)14-27-10-1-11-30/h2-3,5-6,8-9,12-13,15,20,22,27,30H,1,4,7,10-11,14H2,(H2,26,29)/t20-,22?/m0/s1. The molecule has 4 N–H and O–H groups in total. The molecule has 1 aliphatic carbocycles. The fourth-order valence-corrected chi connectivity index (χ4v) is 3.94. The Balaban J connectivity index is 1.40. The zero-order valence-corrected chi connectivity index (χ0v) is 16.9. The predicted octanol–water partition coefficient (Wildman–Crippen LogP) is 2.93. The van der Waals surface area contributed by atoms with E-state index in [0.29, 0.717) is 11.5 Å². The van der Waals surface area contributed by atoms with Crippen molar-refractivity contribution in [1.82, 2.24) is 10.3 Å². The summed E-state index contributed by atoms with van der Waals surface area (Å²) in [6, 6.07) is 10.4. The van der Waals surface area contributed by atoms with Gasteiger partial charge in [0.05, 0.1) is 6.04 Å². The van der Waals surface area contributed by atoms with Crippen LogP contribution in [0.1, 0.15) is 40.3 Å². The van der Waals surface area contributed by atoms with Gasteiger partial charge in [0.1, 0.15) is 17.4 Å². The number of aliphatic imine (C=N–C) groups is 1. The van der Waals surface area contributed by atoms with E-state index < -0.39 is 0 Å². The Bertz CT molecular complexity index is 981. The zero-order chi connectivity index (χ0) is 20.9. The maximum absolute atomic E-state index is 13.6. The van der Waals surface area contributed by atoms with Crippen LogP contribution in [0.25, 0.3) is 0 Å². The van der Waals surface area contributed by atoms with Crippen molar-refractivity contribution < 1.29 is 9.50 Å². The third-order valence-electron chi connectivity index (χ3n) is 5.59. The Labute approximate surface area is 176 Å². The van der Waals surface area contributed by atoms with Gasteiger partial charge in [-0.2, -0.15) is 0 Å². The number of fused-ring (bicyclic) bond motifs is 3. The molecule has 156 valence electrons. The number of allylic oxidation sites excluding steroid dienone is 2. The number of hydrogen-bond donors (Lipinski definition) is 3. The molecule has 0 saturated carbocycles. The Morgan fingerprint density at radius 2 is 1.87 bits per heavy atom. The molecule has 2 aliphatic rings. The molecule has 0 spiro atoms. The number of aliphatic hydroxyl groups excluding tert-OH is 1. The molecule has 1 aromatic carbocycles. The normalized spacial score (nSPS) is 19.7. The first-order chi connectivity index (χ1) is 14.6. The van der Waals surface area contributed by atoms with Crippen molar-refractivity contribution >= 4 is 5.84 Å². The fourth-order valence-electron chi connectivity index (χ4n) is 3.94. The van der Waals surface area contributed by atoms with Gasteiger partial charge in [0, 0.05) is 25.3 Å². The summed E-state index contributed by atoms with van der Waals surface area (Å²) in [4.78, 5) is 8.96. The molecule has 0 saturated heterocycles. The number of nitrogens with two attached hydrogens (primary N) is 1. The number of aromatic nitrogens is 1. The highest BCUT2D eigenvalue weighted by molar-refractivity contribution is 5.98. The zero-order valence-electron chi connectivity index (χ0n) is 16.9. The molecule has 2 heterocycles. The molecule has 30 heavy (non-hydrogen) atoms. The molecule has 5 nitrogen and oxygen atoms in total. The molecular weight excluding hydrogens is 379 g/mol. The van der Waals surface area contributed by atoms with Gasteiger partial charge in [0.2, 0.25) is 0 Å². The van der Waals surface area contributed by atoms with Gasteiger partial charge < -0.3 is 16.2 Å². The lowest BCUT2D eigenvalue weighted by Gasteiger charge is -2.28. The number of nitrogens with zero attached hydrogens (tertiary/aromatic N) is 2. The minimum Gasteiger partial charge on any atom is -0.396 e. The van der Waals surface area contributed by atoms with Crippen molar-refractivity contribution in [2.24, 2.45) is 10.7 Å². The average Bonchev–Trinajstić information content (AvgIpc) is 2.76. The van der Waals surface area contributed by atoms with Crippen LogP contribution >= 0.6 is 0 Å². The van der Waals surface area contributed by atoms with Gasteiger partial charge in [-0.1, -0.05) is 36.4 Å². The highest BCUT2D eigenvalue weighted by atomic mass is 19.1. The number of halogens is 1. The molecule has 0 radical (unpaired) electrons. The maximum atomic E-state index is 13.6. The lowest BCUT2D eigenvalue weighted by atomic mass is 9.84. The topological polar surface area (TPSA) is 83.5 Å². The summed E-state index contributed by atoms with van der Waals surface area (Å²) in [5.74, 6) is 0.0876. The van der Waals surface area contributed by atoms with E-state index in [1.807, 2.05) is 12.3 Å². The van der Waals surface area contributed by atoms with Crippen molar-refractivity contribution in [2.75, 3.05) is 13.2 Å². The average molecular weight is 407 g/mol. The summed E-state index contributed by atoms with van der Waals surface area (Å²) in [6.07, 6.45) is 9.30. The van der Waals surface area contributed by atoms with Gasteiger partial charge in [-0.15, -0.1) is 0 Å². The van der Waals surface area contributed by atoms with E-state index in [-0.39, 0.29) is 24.4 Å². The van der Waals surface area contributed by atoms with E-state index in [9.17, 15) is 4.39 Å². The number of aryl methyl sites for hydroxylation is 2. The predicted molar refractivity (Wildman–Crippen MR) is 117 cm³/mol. The van der Waals surface area contributed by atoms with Gasteiger partial charge in [0.15, 0.2) is 0 Å². The first kappa shape index (κ1) is 20.4. The van der Waals surface area contributed by atoms with Gasteiger partial charge in [0.25, 0.3) is 0 Å². The summed E-state index contributed by atoms with van der Waals surface area (Å²) >= 11 is 0. The van der Waals surface area contributed by atoms with Crippen molar-refractivity contribution in [3.8, 4) is 0 Å². The molecule has 1 aromatic heterocycles. The fraction of sp³-hybridized carbons (Fsp3) is 0.333. The molecule has 1 unspecified atom stereocenters. The third kappa shape index (κ3) is 4.66. The summed E-state index contributed by atoms with van der Waals surface area (Å²) in [6.45, 7) is 1.84. The van der Waals surface area contributed by atoms with Crippen LogP contribution in [0, 0.1) is 0 Å². The second kappa shape index (κ2) is 9.32. The maximum Gasteiger partial charge on any atom is 0.145 e. The van der Waals surface area contributed by atoms with Crippen LogP contribution in [0.4, 0.5) is 4.39 Å². The summed E-state index contributed by atoms with van der Waals surface area (Å²) in [5.41, 5.74) is 11.4. The molecule has 0 amide bonds. The molecular formula is C24H27FN4O. The lowest BCUT2D eigenvalue weighted by molar-refractivity contribution is 0.286. The minimum absolute atomic E-state index is 0.0168. The van der Waals surface area contributed by atoms with Crippen molar-refractivity contribution in [3.05, 3.63) is 88.5 Å². The number of benzene rings is 1. The largest absolute Gasteiger partial charge is 0.396 e. The van der Waals surface area contributed by atoms with E-state index in [1.165, 1.54) is 23.3 Å². The van der Waals surface area contributed by atoms with Crippen LogP contribution in [-0.4, -0.2) is 35.1 Å². The smallest absolute Gasteiger partial charge is 0.145 e. The van der Waals surface area contributed by atoms with Crippen LogP contribution in [0.2, 0.25) is 0 Å². The first-order valence-corrected chi connectivity index (χ1v) is 10.4. The second-order valence-corrected chi connectivity index (χ2v) is 7.79. The van der Waals surface area contributed by atoms with Crippen molar-refractivity contribution in [2.45, 2.75) is 37.8 Å². The highest BCUT2D eigenvalue weighted by Crippen LogP contribution is 2.35. The van der Waals surface area contributed by atoms with Crippen LogP contribution in [-0.2, 0) is 19.4 Å². The second-order valence-electron chi connectivity index (χ2n) is 7.79. The minimum atomic E-state index is -0.293. The quantitative estimate of drug-likeness (QED) is 0.589. The van der Waals surface area contributed by atoms with Gasteiger partial charge in [-0.05, 0) is 60.2 Å². The van der Waals surface area contributed by atoms with Crippen LogP contribution in [0.15, 0.2) is 65.6 Å². The molecule has 4 rings (SSSR count). The Kier molecular flexibility index (Phi) is 6.35. The molecule has 6 heteroatoms. The lowest BCUT2D eigenvalue weighted by Crippen LogP contribution is -2.31. The third-order valence-corrected chi connectivity index (χ3v) is 5.59. The van der Waals surface area contributed by atoms with E-state index in [4.69, 9.17) is 10.8 Å². The summed E-state index contributed by atoms with van der Waals surface area (Å²) < 4.78 is 13.6. The highest BCUT2D eigenvalue weighted by Gasteiger charge is 2.30. The van der Waals surface area contributed by atoms with Gasteiger partial charge >= 0.3 is 0 Å². The van der Waals surface area contributed by atoms with Gasteiger partial charge in [-0.3, -0.25) is 9.98 Å². The number of hydrogen-bond acceptors (Lipinski definition) is 5. The van der Waals surface area contributed by atoms with Gasteiger partial charge in [-0.25, -0.2) is 4.39 Å². The molecule has 0 bridgehead atoms. The van der Waals surface area contributed by atoms with E-state index >= 15 is 0 Å². The van der Waals surface area contributed by atoms with Crippen LogP contribution < -0.4 is 11.1 Å². The molecule has 2 aromatic rings. The summed E-state index contributed by atoms with van der Waals surface area (Å²) in [5, 5.41) is 12.1. The Morgan fingerprint density at radius 3 is 2.67 bits per heavy atom. The molecule has 0 fully saturated rings. The first-order valence-electron chi connectivity index (χ1n) is 10.4. The Morgan fingerprint density at radius 1 is 1.10 bits per heavy atom. The van der Waals surface area contributed by atoms with Crippen LogP contribution in [0.5, 0.6) is 0 Å². The SMILES string of the molecule is NC1=NC2C=C(F)C=C[C@H]2c2cc(CCc3ccc(CNCCCO)cc3)cnc21. The number of amidine groups is 1. The molecule has 2 atom stereocenters. The Hall–Kier alpha value is -2.83. The van der Waals surface area contributed by atoms with Crippen molar-refractivity contribution in [1.29, 1.82) is 0 Å². The number of rotatable bonds is 8.